The number of hydrogen-bond donors (Lipinski definition) is 1. The van der Waals surface area contributed by atoms with Gasteiger partial charge in [0.05, 0.1) is 12.6 Å². The Morgan fingerprint density at radius 2 is 1.91 bits per heavy atom. The standard InChI is InChI=1S/C24H26N4O3S/c1-15(2)16-8-10-18(11-9-16)31-13-22-26-27-24(28(22)3)32-14-17-12-20(29)19-6-5-7-21(30-4)23(19)25-17/h5-12,15H,13-14H2,1-4H3,(H,25,29). The molecule has 0 radical (unpaired) electrons. The van der Waals surface area contributed by atoms with Crippen LogP contribution in [0, 0.1) is 0 Å². The Morgan fingerprint density at radius 1 is 1.12 bits per heavy atom. The van der Waals surface area contributed by atoms with E-state index >= 15 is 0 Å². The zero-order valence-corrected chi connectivity index (χ0v) is 19.4. The first-order valence-electron chi connectivity index (χ1n) is 10.4. The number of nitrogens with zero attached hydrogens (tertiary/aromatic N) is 3. The highest BCUT2D eigenvalue weighted by Crippen LogP contribution is 2.25. The molecule has 0 saturated heterocycles. The summed E-state index contributed by atoms with van der Waals surface area (Å²) in [4.78, 5) is 15.8. The molecule has 0 fully saturated rings. The molecule has 7 nitrogen and oxygen atoms in total. The van der Waals surface area contributed by atoms with E-state index < -0.39 is 0 Å². The van der Waals surface area contributed by atoms with Crippen LogP contribution in [-0.2, 0) is 19.4 Å². The third-order valence-electron chi connectivity index (χ3n) is 5.30. The van der Waals surface area contributed by atoms with Crippen LogP contribution in [0.25, 0.3) is 10.9 Å². The van der Waals surface area contributed by atoms with Crippen molar-refractivity contribution in [3.8, 4) is 11.5 Å². The van der Waals surface area contributed by atoms with Crippen molar-refractivity contribution in [2.45, 2.75) is 37.3 Å². The second-order valence-corrected chi connectivity index (χ2v) is 8.74. The molecule has 0 spiro atoms. The molecule has 0 bridgehead atoms. The van der Waals surface area contributed by atoms with Gasteiger partial charge in [-0.2, -0.15) is 0 Å². The summed E-state index contributed by atoms with van der Waals surface area (Å²) in [6.07, 6.45) is 0. The number of aromatic nitrogens is 4. The first-order valence-corrected chi connectivity index (χ1v) is 11.4. The predicted molar refractivity (Wildman–Crippen MR) is 127 cm³/mol. The van der Waals surface area contributed by atoms with Gasteiger partial charge in [0.2, 0.25) is 0 Å². The van der Waals surface area contributed by atoms with Crippen molar-refractivity contribution in [1.82, 2.24) is 19.7 Å². The number of nitrogens with one attached hydrogen (secondary N) is 1. The Morgan fingerprint density at radius 3 is 2.62 bits per heavy atom. The fourth-order valence-corrected chi connectivity index (χ4v) is 4.22. The molecule has 2 aromatic heterocycles. The highest BCUT2D eigenvalue weighted by atomic mass is 32.2. The summed E-state index contributed by atoms with van der Waals surface area (Å²) in [5.41, 5.74) is 2.74. The smallest absolute Gasteiger partial charge is 0.191 e. The van der Waals surface area contributed by atoms with Gasteiger partial charge in [0.25, 0.3) is 0 Å². The largest absolute Gasteiger partial charge is 0.495 e. The number of fused-ring (bicyclic) bond motifs is 1. The van der Waals surface area contributed by atoms with E-state index in [1.165, 1.54) is 17.3 Å². The molecular formula is C24H26N4O3S. The van der Waals surface area contributed by atoms with Crippen molar-refractivity contribution in [2.75, 3.05) is 7.11 Å². The van der Waals surface area contributed by atoms with Gasteiger partial charge in [-0.25, -0.2) is 0 Å². The van der Waals surface area contributed by atoms with Crippen LogP contribution in [0.3, 0.4) is 0 Å². The molecule has 0 unspecified atom stereocenters. The van der Waals surface area contributed by atoms with Gasteiger partial charge in [0, 0.05) is 29.9 Å². The lowest BCUT2D eigenvalue weighted by molar-refractivity contribution is 0.290. The maximum absolute atomic E-state index is 12.5. The summed E-state index contributed by atoms with van der Waals surface area (Å²) in [7, 11) is 3.51. The van der Waals surface area contributed by atoms with E-state index in [-0.39, 0.29) is 5.43 Å². The van der Waals surface area contributed by atoms with Crippen LogP contribution in [0.4, 0.5) is 0 Å². The minimum absolute atomic E-state index is 0.0382. The Kier molecular flexibility index (Phi) is 6.50. The first-order chi connectivity index (χ1) is 15.5. The topological polar surface area (TPSA) is 82.0 Å². The molecule has 4 rings (SSSR count). The zero-order chi connectivity index (χ0) is 22.7. The van der Waals surface area contributed by atoms with Gasteiger partial charge in [-0.05, 0) is 35.7 Å². The molecule has 8 heteroatoms. The number of rotatable bonds is 8. The van der Waals surface area contributed by atoms with E-state index in [1.54, 1.807) is 19.2 Å². The molecule has 2 aromatic carbocycles. The number of aromatic amines is 1. The maximum atomic E-state index is 12.5. The Hall–Kier alpha value is -3.26. The average molecular weight is 451 g/mol. The molecule has 0 saturated carbocycles. The van der Waals surface area contributed by atoms with Crippen molar-refractivity contribution in [1.29, 1.82) is 0 Å². The van der Waals surface area contributed by atoms with Crippen LogP contribution in [0.5, 0.6) is 11.5 Å². The van der Waals surface area contributed by atoms with E-state index in [0.29, 0.717) is 34.9 Å². The number of ether oxygens (including phenoxy) is 2. The van der Waals surface area contributed by atoms with Crippen LogP contribution in [-0.4, -0.2) is 26.9 Å². The van der Waals surface area contributed by atoms with E-state index in [0.717, 1.165) is 22.4 Å². The van der Waals surface area contributed by atoms with Crippen molar-refractivity contribution in [3.05, 3.63) is 75.8 Å². The lowest BCUT2D eigenvalue weighted by Crippen LogP contribution is -2.06. The molecule has 4 aromatic rings. The lowest BCUT2D eigenvalue weighted by Gasteiger charge is -2.09. The number of para-hydroxylation sites is 1. The van der Waals surface area contributed by atoms with Crippen molar-refractivity contribution in [3.63, 3.8) is 0 Å². The monoisotopic (exact) mass is 450 g/mol. The molecule has 2 heterocycles. The summed E-state index contributed by atoms with van der Waals surface area (Å²) < 4.78 is 13.2. The van der Waals surface area contributed by atoms with Gasteiger partial charge >= 0.3 is 0 Å². The van der Waals surface area contributed by atoms with Crippen LogP contribution in [0.15, 0.2) is 58.5 Å². The van der Waals surface area contributed by atoms with Crippen molar-refractivity contribution >= 4 is 22.7 Å². The van der Waals surface area contributed by atoms with Gasteiger partial charge < -0.3 is 19.0 Å². The van der Waals surface area contributed by atoms with E-state index in [4.69, 9.17) is 9.47 Å². The number of benzene rings is 2. The van der Waals surface area contributed by atoms with Gasteiger partial charge in [-0.3, -0.25) is 4.79 Å². The Labute approximate surface area is 190 Å². The third kappa shape index (κ3) is 4.65. The highest BCUT2D eigenvalue weighted by Gasteiger charge is 2.12. The van der Waals surface area contributed by atoms with Crippen LogP contribution in [0.2, 0.25) is 0 Å². The van der Waals surface area contributed by atoms with Crippen molar-refractivity contribution < 1.29 is 9.47 Å². The van der Waals surface area contributed by atoms with Gasteiger partial charge in [-0.1, -0.05) is 43.8 Å². The van der Waals surface area contributed by atoms with Crippen LogP contribution < -0.4 is 14.9 Å². The van der Waals surface area contributed by atoms with Crippen molar-refractivity contribution in [2.24, 2.45) is 7.05 Å². The SMILES string of the molecule is COc1cccc2c(=O)cc(CSc3nnc(COc4ccc(C(C)C)cc4)n3C)[nH]c12. The number of H-pyrrole nitrogens is 1. The lowest BCUT2D eigenvalue weighted by atomic mass is 10.0. The minimum Gasteiger partial charge on any atom is -0.495 e. The fourth-order valence-electron chi connectivity index (χ4n) is 3.38. The molecule has 1 N–H and O–H groups in total. The van der Waals surface area contributed by atoms with E-state index in [9.17, 15) is 4.79 Å². The molecule has 32 heavy (non-hydrogen) atoms. The molecule has 0 amide bonds. The Bertz CT molecular complexity index is 1280. The summed E-state index contributed by atoms with van der Waals surface area (Å²) in [6, 6.07) is 15.2. The Balaban J connectivity index is 1.43. The molecule has 166 valence electrons. The fraction of sp³-hybridized carbons (Fsp3) is 0.292. The highest BCUT2D eigenvalue weighted by molar-refractivity contribution is 7.98. The third-order valence-corrected chi connectivity index (χ3v) is 6.37. The summed E-state index contributed by atoms with van der Waals surface area (Å²) >= 11 is 1.50. The number of hydrogen-bond acceptors (Lipinski definition) is 6. The molecule has 0 aliphatic rings. The maximum Gasteiger partial charge on any atom is 0.191 e. The van der Waals surface area contributed by atoms with E-state index in [1.807, 2.05) is 35.9 Å². The summed E-state index contributed by atoms with van der Waals surface area (Å²) in [6.45, 7) is 4.66. The second-order valence-electron chi connectivity index (χ2n) is 7.80. The zero-order valence-electron chi connectivity index (χ0n) is 18.6. The molecule has 0 aliphatic carbocycles. The van der Waals surface area contributed by atoms with Crippen LogP contribution >= 0.6 is 11.8 Å². The number of thioether (sulfide) groups is 1. The summed E-state index contributed by atoms with van der Waals surface area (Å²) in [5.74, 6) is 3.21. The average Bonchev–Trinajstić information content (AvgIpc) is 3.15. The molecular weight excluding hydrogens is 424 g/mol. The molecule has 0 aliphatic heterocycles. The molecule has 0 atom stereocenters. The first kappa shape index (κ1) is 22.0. The normalized spacial score (nSPS) is 11.3. The van der Waals surface area contributed by atoms with Crippen LogP contribution in [0.1, 0.15) is 36.8 Å². The minimum atomic E-state index is -0.0382. The quantitative estimate of drug-likeness (QED) is 0.393. The number of pyridine rings is 1. The second kappa shape index (κ2) is 9.48. The van der Waals surface area contributed by atoms with Gasteiger partial charge in [-0.15, -0.1) is 10.2 Å². The predicted octanol–water partition coefficient (Wildman–Crippen LogP) is 4.66. The van der Waals surface area contributed by atoms with Gasteiger partial charge in [0.15, 0.2) is 16.4 Å². The summed E-state index contributed by atoms with van der Waals surface area (Å²) in [5, 5.41) is 9.90. The number of methoxy groups -OCH3 is 1. The van der Waals surface area contributed by atoms with E-state index in [2.05, 4.69) is 41.2 Å². The van der Waals surface area contributed by atoms with Gasteiger partial charge in [0.1, 0.15) is 18.1 Å².